The Kier molecular flexibility index (Phi) is 4.36. The second-order valence-electron chi connectivity index (χ2n) is 3.26. The zero-order valence-electron chi connectivity index (χ0n) is 8.79. The zero-order valence-corrected chi connectivity index (χ0v) is 8.79. The molecule has 1 rings (SSSR count). The van der Waals surface area contributed by atoms with E-state index in [1.165, 1.54) is 5.56 Å². The molecule has 1 aromatic carbocycles. The zero-order chi connectivity index (χ0) is 11.1. The molecule has 1 N–H and O–H groups in total. The van der Waals surface area contributed by atoms with E-state index < -0.39 is 0 Å². The number of carbonyl (C=O) groups is 1. The third kappa shape index (κ3) is 3.82. The lowest BCUT2D eigenvalue weighted by molar-refractivity contribution is -0.116. The van der Waals surface area contributed by atoms with Crippen molar-refractivity contribution in [2.75, 3.05) is 5.32 Å². The normalized spacial score (nSPS) is 9.33. The number of anilines is 1. The van der Waals surface area contributed by atoms with Gasteiger partial charge in [-0.05, 0) is 24.1 Å². The lowest BCUT2D eigenvalue weighted by atomic mass is 10.1. The molecular formula is C12H14N2O. The number of hydrogen-bond donors (Lipinski definition) is 1. The summed E-state index contributed by atoms with van der Waals surface area (Å²) in [5.74, 6) is -0.110. The molecule has 0 fully saturated rings. The summed E-state index contributed by atoms with van der Waals surface area (Å²) in [7, 11) is 0. The number of rotatable bonds is 4. The van der Waals surface area contributed by atoms with Crippen LogP contribution in [0.15, 0.2) is 24.3 Å². The number of nitrogens with zero attached hydrogens (tertiary/aromatic N) is 1. The van der Waals surface area contributed by atoms with Crippen LogP contribution in [0.25, 0.3) is 0 Å². The largest absolute Gasteiger partial charge is 0.326 e. The Morgan fingerprint density at radius 3 is 2.60 bits per heavy atom. The van der Waals surface area contributed by atoms with Crippen molar-refractivity contribution >= 4 is 11.6 Å². The Hall–Kier alpha value is -1.82. The maximum Gasteiger partial charge on any atom is 0.225 e. The molecule has 0 aromatic heterocycles. The molecule has 15 heavy (non-hydrogen) atoms. The first-order valence-corrected chi connectivity index (χ1v) is 5.02. The van der Waals surface area contributed by atoms with Gasteiger partial charge >= 0.3 is 0 Å². The van der Waals surface area contributed by atoms with E-state index in [2.05, 4.69) is 12.2 Å². The highest BCUT2D eigenvalue weighted by atomic mass is 16.1. The molecule has 0 saturated heterocycles. The monoisotopic (exact) mass is 202 g/mol. The Balaban J connectivity index is 2.50. The van der Waals surface area contributed by atoms with Crippen LogP contribution in [0.1, 0.15) is 25.3 Å². The highest BCUT2D eigenvalue weighted by molar-refractivity contribution is 5.90. The van der Waals surface area contributed by atoms with Crippen molar-refractivity contribution < 1.29 is 4.79 Å². The fourth-order valence-electron chi connectivity index (χ4n) is 1.22. The Morgan fingerprint density at radius 1 is 1.40 bits per heavy atom. The molecule has 1 aromatic rings. The number of nitriles is 1. The number of aryl methyl sites for hydroxylation is 1. The highest BCUT2D eigenvalue weighted by Gasteiger charge is 2.00. The van der Waals surface area contributed by atoms with Crippen molar-refractivity contribution in [2.45, 2.75) is 26.2 Å². The first-order chi connectivity index (χ1) is 7.26. The number of nitrogens with one attached hydrogen (secondary N) is 1. The van der Waals surface area contributed by atoms with Crippen LogP contribution in [0, 0.1) is 11.3 Å². The molecular weight excluding hydrogens is 188 g/mol. The molecule has 0 unspecified atom stereocenters. The van der Waals surface area contributed by atoms with Gasteiger partial charge < -0.3 is 5.32 Å². The van der Waals surface area contributed by atoms with Gasteiger partial charge in [0.2, 0.25) is 5.91 Å². The van der Waals surface area contributed by atoms with Crippen molar-refractivity contribution in [1.29, 1.82) is 5.26 Å². The molecule has 0 spiro atoms. The first-order valence-electron chi connectivity index (χ1n) is 5.02. The summed E-state index contributed by atoms with van der Waals surface area (Å²) in [5, 5.41) is 11.1. The van der Waals surface area contributed by atoms with Crippen LogP contribution >= 0.6 is 0 Å². The smallest absolute Gasteiger partial charge is 0.225 e. The van der Waals surface area contributed by atoms with Gasteiger partial charge in [0, 0.05) is 18.5 Å². The maximum absolute atomic E-state index is 11.3. The van der Waals surface area contributed by atoms with Crippen LogP contribution in [0.2, 0.25) is 0 Å². The van der Waals surface area contributed by atoms with Crippen LogP contribution in [0.4, 0.5) is 5.69 Å². The van der Waals surface area contributed by atoms with Gasteiger partial charge in [-0.15, -0.1) is 0 Å². The van der Waals surface area contributed by atoms with Crippen LogP contribution in [0.3, 0.4) is 0 Å². The molecule has 0 heterocycles. The van der Waals surface area contributed by atoms with Gasteiger partial charge in [0.05, 0.1) is 6.07 Å². The second-order valence-corrected chi connectivity index (χ2v) is 3.26. The number of benzene rings is 1. The Labute approximate surface area is 89.7 Å². The standard InChI is InChI=1S/C12H14N2O/c1-2-10-5-7-11(8-6-10)14-12(15)4-3-9-13/h5-8H,2-4H2,1H3,(H,14,15). The van der Waals surface area contributed by atoms with Gasteiger partial charge in [-0.1, -0.05) is 19.1 Å². The maximum atomic E-state index is 11.3. The topological polar surface area (TPSA) is 52.9 Å². The predicted octanol–water partition coefficient (Wildman–Crippen LogP) is 2.49. The average molecular weight is 202 g/mol. The van der Waals surface area contributed by atoms with E-state index in [9.17, 15) is 4.79 Å². The molecule has 3 heteroatoms. The fourth-order valence-corrected chi connectivity index (χ4v) is 1.22. The van der Waals surface area contributed by atoms with Crippen molar-refractivity contribution in [3.8, 4) is 6.07 Å². The second kappa shape index (κ2) is 5.82. The molecule has 0 aliphatic heterocycles. The number of amides is 1. The van der Waals surface area contributed by atoms with Crippen molar-refractivity contribution in [1.82, 2.24) is 0 Å². The summed E-state index contributed by atoms with van der Waals surface area (Å²) in [5.41, 5.74) is 2.03. The van der Waals surface area contributed by atoms with Gasteiger partial charge in [-0.2, -0.15) is 5.26 Å². The number of hydrogen-bond acceptors (Lipinski definition) is 2. The minimum Gasteiger partial charge on any atom is -0.326 e. The highest BCUT2D eigenvalue weighted by Crippen LogP contribution is 2.10. The molecule has 1 amide bonds. The van der Waals surface area contributed by atoms with Crippen LogP contribution in [-0.2, 0) is 11.2 Å². The van der Waals surface area contributed by atoms with E-state index in [0.29, 0.717) is 0 Å². The Bertz CT molecular complexity index is 362. The third-order valence-corrected chi connectivity index (χ3v) is 2.11. The molecule has 0 aliphatic rings. The minimum absolute atomic E-state index is 0.110. The summed E-state index contributed by atoms with van der Waals surface area (Å²) in [6.07, 6.45) is 1.51. The fraction of sp³-hybridized carbons (Fsp3) is 0.333. The molecule has 0 atom stereocenters. The van der Waals surface area contributed by atoms with Gasteiger partial charge in [-0.25, -0.2) is 0 Å². The van der Waals surface area contributed by atoms with Gasteiger partial charge in [-0.3, -0.25) is 4.79 Å². The van der Waals surface area contributed by atoms with Crippen molar-refractivity contribution in [3.63, 3.8) is 0 Å². The van der Waals surface area contributed by atoms with Crippen LogP contribution in [0.5, 0.6) is 0 Å². The van der Waals surface area contributed by atoms with E-state index in [0.717, 1.165) is 12.1 Å². The van der Waals surface area contributed by atoms with E-state index >= 15 is 0 Å². The molecule has 0 bridgehead atoms. The van der Waals surface area contributed by atoms with Gasteiger partial charge in [0.15, 0.2) is 0 Å². The molecule has 3 nitrogen and oxygen atoms in total. The SMILES string of the molecule is CCc1ccc(NC(=O)CCC#N)cc1. The Morgan fingerprint density at radius 2 is 2.07 bits per heavy atom. The number of carbonyl (C=O) groups excluding carboxylic acids is 1. The van der Waals surface area contributed by atoms with Crippen LogP contribution < -0.4 is 5.32 Å². The van der Waals surface area contributed by atoms with E-state index in [1.807, 2.05) is 30.3 Å². The average Bonchev–Trinajstić information content (AvgIpc) is 2.27. The quantitative estimate of drug-likeness (QED) is 0.815. The summed E-state index contributed by atoms with van der Waals surface area (Å²) in [6.45, 7) is 2.08. The first kappa shape index (κ1) is 11.3. The summed E-state index contributed by atoms with van der Waals surface area (Å²) < 4.78 is 0. The van der Waals surface area contributed by atoms with Gasteiger partial charge in [0.25, 0.3) is 0 Å². The lowest BCUT2D eigenvalue weighted by Crippen LogP contribution is -2.10. The summed E-state index contributed by atoms with van der Waals surface area (Å²) in [4.78, 5) is 11.3. The molecule has 78 valence electrons. The van der Waals surface area contributed by atoms with Crippen molar-refractivity contribution in [3.05, 3.63) is 29.8 Å². The summed E-state index contributed by atoms with van der Waals surface area (Å²) in [6, 6.07) is 9.67. The third-order valence-electron chi connectivity index (χ3n) is 2.11. The van der Waals surface area contributed by atoms with E-state index in [-0.39, 0.29) is 18.7 Å². The molecule has 0 aliphatic carbocycles. The lowest BCUT2D eigenvalue weighted by Gasteiger charge is -2.04. The minimum atomic E-state index is -0.110. The van der Waals surface area contributed by atoms with E-state index in [1.54, 1.807) is 0 Å². The molecule has 0 saturated carbocycles. The summed E-state index contributed by atoms with van der Waals surface area (Å²) >= 11 is 0. The predicted molar refractivity (Wildman–Crippen MR) is 59.3 cm³/mol. The van der Waals surface area contributed by atoms with E-state index in [4.69, 9.17) is 5.26 Å². The van der Waals surface area contributed by atoms with Crippen molar-refractivity contribution in [2.24, 2.45) is 0 Å². The van der Waals surface area contributed by atoms with Crippen LogP contribution in [-0.4, -0.2) is 5.91 Å². The molecule has 0 radical (unpaired) electrons. The van der Waals surface area contributed by atoms with Gasteiger partial charge in [0.1, 0.15) is 0 Å².